The van der Waals surface area contributed by atoms with Gasteiger partial charge in [0.25, 0.3) is 5.69 Å². The van der Waals surface area contributed by atoms with Crippen molar-refractivity contribution in [1.82, 2.24) is 0 Å². The molecule has 36 heavy (non-hydrogen) atoms. The Hall–Kier alpha value is -4.14. The number of rotatable bonds is 8. The molecule has 0 unspecified atom stereocenters. The summed E-state index contributed by atoms with van der Waals surface area (Å²) in [7, 11) is 3.42. The van der Waals surface area contributed by atoms with Crippen molar-refractivity contribution in [2.24, 2.45) is 0 Å². The van der Waals surface area contributed by atoms with Crippen LogP contribution < -0.4 is 9.80 Å². The molecule has 0 saturated heterocycles. The lowest BCUT2D eigenvalue weighted by Crippen LogP contribution is -2.35. The van der Waals surface area contributed by atoms with Gasteiger partial charge in [0.15, 0.2) is 0 Å². The quantitative estimate of drug-likeness (QED) is 0.290. The van der Waals surface area contributed by atoms with E-state index in [4.69, 9.17) is 9.47 Å². The number of hydrogen-bond donors (Lipinski definition) is 0. The molecule has 3 rings (SSSR count). The van der Waals surface area contributed by atoms with Crippen LogP contribution in [0.25, 0.3) is 0 Å². The number of nitrogens with zero attached hydrogens (tertiary/aromatic N) is 3. The highest BCUT2D eigenvalue weighted by Gasteiger charge is 2.41. The number of hydrogen-bond acceptors (Lipinski definition) is 8. The van der Waals surface area contributed by atoms with Crippen molar-refractivity contribution in [2.75, 3.05) is 37.1 Å². The zero-order valence-electron chi connectivity index (χ0n) is 21.4. The molecule has 0 radical (unpaired) electrons. The summed E-state index contributed by atoms with van der Waals surface area (Å²) < 4.78 is 10.8. The summed E-state index contributed by atoms with van der Waals surface area (Å²) in [5.41, 5.74) is 3.02. The highest BCUT2D eigenvalue weighted by molar-refractivity contribution is 6.01. The molecule has 1 aliphatic rings. The Morgan fingerprint density at radius 1 is 0.944 bits per heavy atom. The van der Waals surface area contributed by atoms with Crippen LogP contribution in [-0.2, 0) is 19.1 Å². The highest BCUT2D eigenvalue weighted by Crippen LogP contribution is 2.46. The molecular weight excluding hydrogens is 462 g/mol. The van der Waals surface area contributed by atoms with Crippen LogP contribution in [-0.4, -0.2) is 44.2 Å². The molecule has 0 aromatic heterocycles. The van der Waals surface area contributed by atoms with E-state index in [1.54, 1.807) is 58.8 Å². The molecule has 0 amide bonds. The zero-order valence-corrected chi connectivity index (χ0v) is 21.4. The molecular formula is C27H31N3O6. The molecule has 0 aliphatic carbocycles. The molecule has 1 aliphatic heterocycles. The molecule has 0 atom stereocenters. The topological polar surface area (TPSA) is 102 Å². The number of ether oxygens (including phenoxy) is 2. The first-order valence-electron chi connectivity index (χ1n) is 11.7. The van der Waals surface area contributed by atoms with Crippen molar-refractivity contribution in [3.05, 3.63) is 86.7 Å². The van der Waals surface area contributed by atoms with Gasteiger partial charge in [0, 0.05) is 37.2 Å². The number of carbonyl (C=O) groups excluding carboxylic acids is 2. The smallest absolute Gasteiger partial charge is 0.336 e. The van der Waals surface area contributed by atoms with E-state index in [1.807, 2.05) is 35.2 Å². The lowest BCUT2D eigenvalue weighted by atomic mass is 9.79. The number of carbonyl (C=O) groups is 2. The normalized spacial score (nSPS) is 14.1. The molecule has 0 N–H and O–H groups in total. The highest BCUT2D eigenvalue weighted by atomic mass is 16.6. The fourth-order valence-electron chi connectivity index (χ4n) is 4.55. The van der Waals surface area contributed by atoms with E-state index < -0.39 is 22.8 Å². The van der Waals surface area contributed by atoms with Crippen LogP contribution >= 0.6 is 0 Å². The first-order valence-corrected chi connectivity index (χ1v) is 11.7. The largest absolute Gasteiger partial charge is 0.463 e. The summed E-state index contributed by atoms with van der Waals surface area (Å²) in [5.74, 6) is -2.12. The van der Waals surface area contributed by atoms with E-state index >= 15 is 0 Å². The minimum Gasteiger partial charge on any atom is -0.463 e. The van der Waals surface area contributed by atoms with Gasteiger partial charge in [-0.25, -0.2) is 9.59 Å². The fourth-order valence-corrected chi connectivity index (χ4v) is 4.55. The van der Waals surface area contributed by atoms with Gasteiger partial charge in [-0.05, 0) is 51.5 Å². The van der Waals surface area contributed by atoms with Crippen LogP contribution in [0.1, 0.15) is 39.2 Å². The van der Waals surface area contributed by atoms with E-state index in [0.717, 1.165) is 5.69 Å². The molecule has 0 bridgehead atoms. The maximum Gasteiger partial charge on any atom is 0.336 e. The Balaban J connectivity index is 2.37. The van der Waals surface area contributed by atoms with E-state index in [9.17, 15) is 19.7 Å². The third kappa shape index (κ3) is 4.95. The van der Waals surface area contributed by atoms with Crippen molar-refractivity contribution in [1.29, 1.82) is 0 Å². The Bertz CT molecular complexity index is 1190. The summed E-state index contributed by atoms with van der Waals surface area (Å²) >= 11 is 0. The lowest BCUT2D eigenvalue weighted by Gasteiger charge is -2.38. The second-order valence-corrected chi connectivity index (χ2v) is 8.44. The van der Waals surface area contributed by atoms with Crippen LogP contribution in [0.3, 0.4) is 0 Å². The van der Waals surface area contributed by atoms with Crippen molar-refractivity contribution in [2.45, 2.75) is 33.6 Å². The van der Waals surface area contributed by atoms with Crippen LogP contribution in [0.5, 0.6) is 0 Å². The first-order chi connectivity index (χ1) is 17.1. The maximum absolute atomic E-state index is 13.4. The SMILES string of the molecule is CCOC(=O)C1=C(C)N(c2ccccc2)C(C)=C(C(=O)OCC)C1c1ccc(N(C)C)c([N+](=O)[O-])c1. The Morgan fingerprint density at radius 2 is 1.47 bits per heavy atom. The van der Waals surface area contributed by atoms with Crippen molar-refractivity contribution >= 4 is 29.0 Å². The Kier molecular flexibility index (Phi) is 8.14. The first kappa shape index (κ1) is 26.5. The average Bonchev–Trinajstić information content (AvgIpc) is 2.84. The van der Waals surface area contributed by atoms with Gasteiger partial charge in [-0.2, -0.15) is 0 Å². The fraction of sp³-hybridized carbons (Fsp3) is 0.333. The predicted octanol–water partition coefficient (Wildman–Crippen LogP) is 4.94. The Labute approximate surface area is 210 Å². The summed E-state index contributed by atoms with van der Waals surface area (Å²) in [6.07, 6.45) is 0. The predicted molar refractivity (Wildman–Crippen MR) is 138 cm³/mol. The number of nitro benzene ring substituents is 1. The maximum atomic E-state index is 13.4. The molecule has 9 nitrogen and oxygen atoms in total. The summed E-state index contributed by atoms with van der Waals surface area (Å²) in [4.78, 5) is 41.7. The number of anilines is 2. The molecule has 2 aromatic carbocycles. The summed E-state index contributed by atoms with van der Waals surface area (Å²) in [5, 5.41) is 11.9. The summed E-state index contributed by atoms with van der Waals surface area (Å²) in [6.45, 7) is 7.21. The summed E-state index contributed by atoms with van der Waals surface area (Å²) in [6, 6.07) is 14.1. The number of allylic oxidation sites excluding steroid dienone is 2. The van der Waals surface area contributed by atoms with E-state index in [2.05, 4.69) is 0 Å². The van der Waals surface area contributed by atoms with Gasteiger partial charge in [-0.15, -0.1) is 0 Å². The van der Waals surface area contributed by atoms with E-state index in [1.165, 1.54) is 6.07 Å². The number of benzene rings is 2. The van der Waals surface area contributed by atoms with E-state index in [-0.39, 0.29) is 30.0 Å². The molecule has 0 saturated carbocycles. The molecule has 1 heterocycles. The van der Waals surface area contributed by atoms with Crippen LogP contribution in [0.4, 0.5) is 17.1 Å². The minimum atomic E-state index is -0.919. The van der Waals surface area contributed by atoms with Gasteiger partial charge < -0.3 is 19.3 Å². The van der Waals surface area contributed by atoms with E-state index in [0.29, 0.717) is 22.6 Å². The van der Waals surface area contributed by atoms with Gasteiger partial charge in [0.1, 0.15) is 5.69 Å². The zero-order chi connectivity index (χ0) is 26.6. The Morgan fingerprint density at radius 3 is 1.92 bits per heavy atom. The minimum absolute atomic E-state index is 0.130. The number of para-hydroxylation sites is 1. The average molecular weight is 494 g/mol. The van der Waals surface area contributed by atoms with Gasteiger partial charge in [0.05, 0.1) is 35.2 Å². The molecule has 0 spiro atoms. The van der Waals surface area contributed by atoms with Crippen LogP contribution in [0.2, 0.25) is 0 Å². The number of nitro groups is 1. The van der Waals surface area contributed by atoms with Gasteiger partial charge >= 0.3 is 11.9 Å². The second-order valence-electron chi connectivity index (χ2n) is 8.44. The monoisotopic (exact) mass is 493 g/mol. The lowest BCUT2D eigenvalue weighted by molar-refractivity contribution is -0.384. The number of esters is 2. The molecule has 0 fully saturated rings. The standard InChI is InChI=1S/C27H31N3O6/c1-7-35-26(31)23-17(3)29(20-12-10-9-11-13-20)18(4)24(27(32)36-8-2)25(23)19-14-15-21(28(5)6)22(16-19)30(33)34/h9-16,25H,7-8H2,1-6H3. The third-order valence-electron chi connectivity index (χ3n) is 6.04. The van der Waals surface area contributed by atoms with Crippen LogP contribution in [0, 0.1) is 10.1 Å². The molecule has 190 valence electrons. The van der Waals surface area contributed by atoms with Crippen molar-refractivity contribution in [3.63, 3.8) is 0 Å². The van der Waals surface area contributed by atoms with Crippen molar-refractivity contribution < 1.29 is 24.0 Å². The van der Waals surface area contributed by atoms with Gasteiger partial charge in [-0.1, -0.05) is 24.3 Å². The van der Waals surface area contributed by atoms with Crippen molar-refractivity contribution in [3.8, 4) is 0 Å². The molecule has 2 aromatic rings. The molecule has 9 heteroatoms. The van der Waals surface area contributed by atoms with Gasteiger partial charge in [0.2, 0.25) is 0 Å². The van der Waals surface area contributed by atoms with Gasteiger partial charge in [-0.3, -0.25) is 10.1 Å². The van der Waals surface area contributed by atoms with Crippen LogP contribution in [0.15, 0.2) is 71.1 Å². The third-order valence-corrected chi connectivity index (χ3v) is 6.04. The second kappa shape index (κ2) is 11.1.